The first-order chi connectivity index (χ1) is 18.3. The highest BCUT2D eigenvalue weighted by molar-refractivity contribution is 5.85. The van der Waals surface area contributed by atoms with Gasteiger partial charge in [-0.2, -0.15) is 10.4 Å². The van der Waals surface area contributed by atoms with Crippen LogP contribution in [0.5, 0.6) is 5.75 Å². The Bertz CT molecular complexity index is 1420. The van der Waals surface area contributed by atoms with Crippen molar-refractivity contribution in [3.05, 3.63) is 41.9 Å². The lowest BCUT2D eigenvalue weighted by Crippen LogP contribution is -2.73. The molecule has 0 aliphatic carbocycles. The zero-order chi connectivity index (χ0) is 28.1. The van der Waals surface area contributed by atoms with Gasteiger partial charge in [-0.05, 0) is 66.2 Å². The van der Waals surface area contributed by atoms with Crippen molar-refractivity contribution < 1.29 is 19.4 Å². The lowest BCUT2D eigenvalue weighted by Gasteiger charge is -2.55. The van der Waals surface area contributed by atoms with Gasteiger partial charge in [0.1, 0.15) is 29.8 Å². The SMILES string of the molecule is Cc1c(OCC(C)(C)O)cc(-c2ccc(N3CC4CC(C3)N4NC(=O)OC(C)(C)C)nc2)c2c(C#N)cnn12. The lowest BCUT2D eigenvalue weighted by molar-refractivity contribution is -0.0551. The Balaban J connectivity index is 1.35. The van der Waals surface area contributed by atoms with Crippen molar-refractivity contribution in [3.8, 4) is 22.9 Å². The van der Waals surface area contributed by atoms with Gasteiger partial charge < -0.3 is 19.5 Å². The molecule has 206 valence electrons. The Labute approximate surface area is 227 Å². The second-order valence-electron chi connectivity index (χ2n) is 11.9. The molecule has 0 radical (unpaired) electrons. The fourth-order valence-electron chi connectivity index (χ4n) is 5.09. The molecule has 2 bridgehead atoms. The Hall–Kier alpha value is -3.88. The number of nitrogens with zero attached hydrogens (tertiary/aromatic N) is 6. The van der Waals surface area contributed by atoms with Gasteiger partial charge in [-0.15, -0.1) is 0 Å². The number of carbonyl (C=O) groups excluding carboxylic acids is 1. The Morgan fingerprint density at radius 3 is 2.51 bits per heavy atom. The molecule has 3 aliphatic rings. The van der Waals surface area contributed by atoms with Crippen LogP contribution in [0, 0.1) is 18.3 Å². The third kappa shape index (κ3) is 5.48. The van der Waals surface area contributed by atoms with E-state index in [0.717, 1.165) is 42.1 Å². The monoisotopic (exact) mass is 533 g/mol. The summed E-state index contributed by atoms with van der Waals surface area (Å²) >= 11 is 0. The summed E-state index contributed by atoms with van der Waals surface area (Å²) in [6.45, 7) is 12.4. The number of ether oxygens (including phenoxy) is 2. The normalized spacial score (nSPS) is 19.4. The maximum absolute atomic E-state index is 12.2. The van der Waals surface area contributed by atoms with Crippen molar-refractivity contribution in [2.24, 2.45) is 0 Å². The van der Waals surface area contributed by atoms with E-state index in [-0.39, 0.29) is 18.7 Å². The number of nitrogens with one attached hydrogen (secondary N) is 1. The van der Waals surface area contributed by atoms with Crippen LogP contribution in [-0.2, 0) is 4.74 Å². The zero-order valence-electron chi connectivity index (χ0n) is 23.2. The number of fused-ring (bicyclic) bond motifs is 3. The summed E-state index contributed by atoms with van der Waals surface area (Å²) in [5, 5.41) is 26.3. The molecule has 0 saturated carbocycles. The van der Waals surface area contributed by atoms with Crippen LogP contribution in [0.4, 0.5) is 10.6 Å². The molecule has 2 unspecified atom stereocenters. The molecule has 6 heterocycles. The van der Waals surface area contributed by atoms with E-state index in [1.165, 1.54) is 0 Å². The number of rotatable bonds is 6. The van der Waals surface area contributed by atoms with Crippen LogP contribution in [0.25, 0.3) is 16.6 Å². The zero-order valence-corrected chi connectivity index (χ0v) is 23.2. The summed E-state index contributed by atoms with van der Waals surface area (Å²) < 4.78 is 13.0. The number of carbonyl (C=O) groups is 1. The third-order valence-electron chi connectivity index (χ3n) is 6.87. The van der Waals surface area contributed by atoms with Crippen LogP contribution in [0.3, 0.4) is 0 Å². The molecule has 3 fully saturated rings. The van der Waals surface area contributed by atoms with Gasteiger partial charge in [-0.1, -0.05) is 0 Å². The standard InChI is InChI=1S/C28H35N7O4/c1-17-23(38-16-28(5,6)37)10-22(25-19(11-29)13-31-34(17)25)18-7-8-24(30-12-18)33-14-20-9-21(15-33)35(20)32-26(36)39-27(2,3)4/h7-8,10,12-13,20-21,37H,9,14-16H2,1-6H3,(H,32,36). The molecule has 2 N–H and O–H groups in total. The highest BCUT2D eigenvalue weighted by atomic mass is 16.6. The van der Waals surface area contributed by atoms with Crippen LogP contribution in [-0.4, -0.2) is 73.8 Å². The first-order valence-corrected chi connectivity index (χ1v) is 13.1. The number of hydrogen-bond donors (Lipinski definition) is 2. The molecule has 0 aromatic carbocycles. The predicted octanol–water partition coefficient (Wildman–Crippen LogP) is 3.43. The second-order valence-corrected chi connectivity index (χ2v) is 11.9. The molecule has 1 amide bonds. The van der Waals surface area contributed by atoms with Gasteiger partial charge in [0, 0.05) is 42.5 Å². The van der Waals surface area contributed by atoms with Gasteiger partial charge in [0.25, 0.3) is 0 Å². The van der Waals surface area contributed by atoms with E-state index in [4.69, 9.17) is 14.5 Å². The predicted molar refractivity (Wildman–Crippen MR) is 145 cm³/mol. The molecule has 0 spiro atoms. The number of anilines is 1. The first-order valence-electron chi connectivity index (χ1n) is 13.1. The van der Waals surface area contributed by atoms with Crippen molar-refractivity contribution in [2.45, 2.75) is 71.2 Å². The van der Waals surface area contributed by atoms with Gasteiger partial charge in [-0.3, -0.25) is 5.43 Å². The first kappa shape index (κ1) is 26.7. The minimum Gasteiger partial charge on any atom is -0.489 e. The molecule has 11 heteroatoms. The average molecular weight is 534 g/mol. The summed E-state index contributed by atoms with van der Waals surface area (Å²) in [5.41, 5.74) is 4.83. The van der Waals surface area contributed by atoms with Gasteiger partial charge in [0.15, 0.2) is 0 Å². The van der Waals surface area contributed by atoms with Gasteiger partial charge in [0.05, 0.1) is 28.6 Å². The van der Waals surface area contributed by atoms with Gasteiger partial charge >= 0.3 is 6.09 Å². The van der Waals surface area contributed by atoms with Crippen molar-refractivity contribution in [3.63, 3.8) is 0 Å². The van der Waals surface area contributed by atoms with Crippen LogP contribution >= 0.6 is 0 Å². The van der Waals surface area contributed by atoms with E-state index < -0.39 is 17.3 Å². The second kappa shape index (κ2) is 9.70. The van der Waals surface area contributed by atoms with Gasteiger partial charge in [-0.25, -0.2) is 19.3 Å². The van der Waals surface area contributed by atoms with Crippen molar-refractivity contribution in [1.82, 2.24) is 25.0 Å². The molecule has 39 heavy (non-hydrogen) atoms. The summed E-state index contributed by atoms with van der Waals surface area (Å²) in [6.07, 6.45) is 3.92. The van der Waals surface area contributed by atoms with E-state index >= 15 is 0 Å². The Morgan fingerprint density at radius 1 is 1.21 bits per heavy atom. The number of aryl methyl sites for hydroxylation is 1. The number of piperidine rings is 1. The molecule has 11 nitrogen and oxygen atoms in total. The van der Waals surface area contributed by atoms with Crippen LogP contribution in [0.15, 0.2) is 30.6 Å². The maximum Gasteiger partial charge on any atom is 0.422 e. The van der Waals surface area contributed by atoms with Gasteiger partial charge in [0.2, 0.25) is 0 Å². The number of hydrogen-bond acceptors (Lipinski definition) is 9. The Morgan fingerprint density at radius 2 is 1.92 bits per heavy atom. The smallest absolute Gasteiger partial charge is 0.422 e. The topological polar surface area (TPSA) is 128 Å². The minimum atomic E-state index is -1.00. The summed E-state index contributed by atoms with van der Waals surface area (Å²) in [7, 11) is 0. The quantitative estimate of drug-likeness (QED) is 0.490. The Kier molecular flexibility index (Phi) is 6.64. The summed E-state index contributed by atoms with van der Waals surface area (Å²) in [5.74, 6) is 1.42. The van der Waals surface area contributed by atoms with Crippen molar-refractivity contribution in [1.29, 1.82) is 5.26 Å². The molecule has 3 aromatic rings. The number of hydrazine groups is 1. The highest BCUT2D eigenvalue weighted by Gasteiger charge is 2.46. The molecule has 2 atom stereocenters. The summed E-state index contributed by atoms with van der Waals surface area (Å²) in [6, 6.07) is 8.45. The molecule has 3 saturated heterocycles. The maximum atomic E-state index is 12.2. The van der Waals surface area contributed by atoms with E-state index in [1.807, 2.05) is 50.9 Å². The number of aromatic nitrogens is 3. The number of pyridine rings is 2. The highest BCUT2D eigenvalue weighted by Crippen LogP contribution is 2.36. The molecular formula is C28H35N7O4. The van der Waals surface area contributed by atoms with E-state index in [2.05, 4.69) is 21.5 Å². The molecule has 3 aliphatic heterocycles. The van der Waals surface area contributed by atoms with E-state index in [9.17, 15) is 15.2 Å². The molecular weight excluding hydrogens is 498 g/mol. The van der Waals surface area contributed by atoms with Crippen LogP contribution in [0.2, 0.25) is 0 Å². The number of nitriles is 1. The average Bonchev–Trinajstić information content (AvgIpc) is 3.30. The van der Waals surface area contributed by atoms with Crippen LogP contribution in [0.1, 0.15) is 52.3 Å². The lowest BCUT2D eigenvalue weighted by atomic mass is 9.90. The third-order valence-corrected chi connectivity index (χ3v) is 6.87. The van der Waals surface area contributed by atoms with Crippen molar-refractivity contribution in [2.75, 3.05) is 24.6 Å². The molecule has 6 rings (SSSR count). The number of piperazine rings is 1. The van der Waals surface area contributed by atoms with E-state index in [1.54, 1.807) is 30.8 Å². The van der Waals surface area contributed by atoms with E-state index in [0.29, 0.717) is 16.8 Å². The minimum absolute atomic E-state index is 0.111. The molecule has 3 aromatic heterocycles. The van der Waals surface area contributed by atoms with Crippen molar-refractivity contribution >= 4 is 17.4 Å². The number of amides is 1. The fourth-order valence-corrected chi connectivity index (χ4v) is 5.09. The van der Waals surface area contributed by atoms with Crippen LogP contribution < -0.4 is 15.1 Å². The number of aliphatic hydroxyl groups is 1. The largest absolute Gasteiger partial charge is 0.489 e. The summed E-state index contributed by atoms with van der Waals surface area (Å²) in [4.78, 5) is 19.2. The fraction of sp³-hybridized carbons (Fsp3) is 0.500.